The summed E-state index contributed by atoms with van der Waals surface area (Å²) >= 11 is 0. The van der Waals surface area contributed by atoms with Crippen LogP contribution in [-0.4, -0.2) is 25.6 Å². The Bertz CT molecular complexity index is 614. The van der Waals surface area contributed by atoms with Gasteiger partial charge in [-0.1, -0.05) is 30.3 Å². The Hall–Kier alpha value is -2.56. The molecule has 0 saturated carbocycles. The minimum atomic E-state index is -0.438. The zero-order chi connectivity index (χ0) is 15.2. The molecule has 0 aliphatic heterocycles. The second-order valence-electron chi connectivity index (χ2n) is 4.77. The summed E-state index contributed by atoms with van der Waals surface area (Å²) in [5.41, 5.74) is 2.14. The van der Waals surface area contributed by atoms with Crippen molar-refractivity contribution < 1.29 is 9.66 Å². The van der Waals surface area contributed by atoms with E-state index in [1.165, 1.54) is 18.7 Å². The lowest BCUT2D eigenvalue weighted by molar-refractivity contribution is -0.385. The number of hydrogen-bond acceptors (Lipinski definition) is 4. The minimum Gasteiger partial charge on any atom is -0.490 e. The molecule has 0 aromatic heterocycles. The Kier molecular flexibility index (Phi) is 4.77. The predicted octanol–water partition coefficient (Wildman–Crippen LogP) is 3.28. The third-order valence-corrected chi connectivity index (χ3v) is 3.38. The maximum atomic E-state index is 10.9. The summed E-state index contributed by atoms with van der Waals surface area (Å²) in [6, 6.07) is 15.1. The highest BCUT2D eigenvalue weighted by Crippen LogP contribution is 2.30. The third-order valence-electron chi connectivity index (χ3n) is 3.38. The highest BCUT2D eigenvalue weighted by molar-refractivity contribution is 5.59. The number of hydrogen-bond donors (Lipinski definition) is 0. The van der Waals surface area contributed by atoms with Crippen LogP contribution in [0.4, 0.5) is 11.4 Å². The Labute approximate surface area is 123 Å². The monoisotopic (exact) mass is 286 g/mol. The van der Waals surface area contributed by atoms with Gasteiger partial charge in [-0.05, 0) is 18.1 Å². The largest absolute Gasteiger partial charge is 0.490 e. The van der Waals surface area contributed by atoms with E-state index >= 15 is 0 Å². The highest BCUT2D eigenvalue weighted by atomic mass is 16.6. The average molecular weight is 286 g/mol. The lowest BCUT2D eigenvalue weighted by Gasteiger charge is -2.19. The van der Waals surface area contributed by atoms with Crippen LogP contribution in [0.15, 0.2) is 48.5 Å². The summed E-state index contributed by atoms with van der Waals surface area (Å²) in [5, 5.41) is 10.9. The molecule has 2 aromatic rings. The van der Waals surface area contributed by atoms with Crippen LogP contribution in [0.1, 0.15) is 5.56 Å². The minimum absolute atomic E-state index is 0.0160. The van der Waals surface area contributed by atoms with Gasteiger partial charge >= 0.3 is 5.69 Å². The zero-order valence-electron chi connectivity index (χ0n) is 12.2. The first-order valence-electron chi connectivity index (χ1n) is 6.69. The molecule has 0 radical (unpaired) electrons. The molecule has 5 nitrogen and oxygen atoms in total. The van der Waals surface area contributed by atoms with Crippen LogP contribution in [-0.2, 0) is 6.42 Å². The van der Waals surface area contributed by atoms with Gasteiger partial charge < -0.3 is 9.64 Å². The first kappa shape index (κ1) is 14.8. The molecule has 0 saturated heterocycles. The second kappa shape index (κ2) is 6.74. The summed E-state index contributed by atoms with van der Waals surface area (Å²) in [6.07, 6.45) is 0.913. The van der Waals surface area contributed by atoms with E-state index < -0.39 is 4.92 Å². The molecule has 0 amide bonds. The maximum absolute atomic E-state index is 10.9. The molecule has 21 heavy (non-hydrogen) atoms. The summed E-state index contributed by atoms with van der Waals surface area (Å²) in [5.74, 6) is 0.282. The topological polar surface area (TPSA) is 55.6 Å². The molecule has 0 N–H and O–H groups in total. The quantitative estimate of drug-likeness (QED) is 0.604. The van der Waals surface area contributed by atoms with E-state index in [1.54, 1.807) is 12.1 Å². The molecule has 2 aromatic carbocycles. The molecule has 5 heteroatoms. The lowest BCUT2D eigenvalue weighted by Crippen LogP contribution is -2.20. The molecule has 0 spiro atoms. The molecule has 0 aliphatic carbocycles. The van der Waals surface area contributed by atoms with Crippen LogP contribution >= 0.6 is 0 Å². The van der Waals surface area contributed by atoms with Gasteiger partial charge in [-0.25, -0.2) is 0 Å². The average Bonchev–Trinajstić information content (AvgIpc) is 2.52. The SMILES string of the molecule is COc1cc(N(C)CCc2ccccc2)ccc1[N+](=O)[O-]. The molecule has 0 aliphatic rings. The summed E-state index contributed by atoms with van der Waals surface area (Å²) in [6.45, 7) is 0.824. The number of nitro benzene ring substituents is 1. The van der Waals surface area contributed by atoms with Gasteiger partial charge in [-0.2, -0.15) is 0 Å². The van der Waals surface area contributed by atoms with Gasteiger partial charge in [0.25, 0.3) is 0 Å². The van der Waals surface area contributed by atoms with Crippen LogP contribution in [0, 0.1) is 10.1 Å². The molecule has 0 fully saturated rings. The van der Waals surface area contributed by atoms with Gasteiger partial charge in [-0.3, -0.25) is 10.1 Å². The Morgan fingerprint density at radius 2 is 1.90 bits per heavy atom. The first-order valence-corrected chi connectivity index (χ1v) is 6.69. The van der Waals surface area contributed by atoms with Gasteiger partial charge in [0.2, 0.25) is 0 Å². The molecule has 0 unspecified atom stereocenters. The van der Waals surface area contributed by atoms with Crippen molar-refractivity contribution in [2.45, 2.75) is 6.42 Å². The molecular weight excluding hydrogens is 268 g/mol. The van der Waals surface area contributed by atoms with Crippen molar-refractivity contribution in [3.05, 3.63) is 64.2 Å². The van der Waals surface area contributed by atoms with Crippen LogP contribution in [0.5, 0.6) is 5.75 Å². The van der Waals surface area contributed by atoms with Crippen LogP contribution in [0.3, 0.4) is 0 Å². The number of nitro groups is 1. The number of anilines is 1. The van der Waals surface area contributed by atoms with E-state index in [1.807, 2.05) is 25.2 Å². The lowest BCUT2D eigenvalue weighted by atomic mass is 10.1. The number of rotatable bonds is 6. The van der Waals surface area contributed by atoms with Gasteiger partial charge in [0.05, 0.1) is 12.0 Å². The number of benzene rings is 2. The van der Waals surface area contributed by atoms with E-state index in [0.717, 1.165) is 18.7 Å². The standard InChI is InChI=1S/C16H18N2O3/c1-17(11-10-13-6-4-3-5-7-13)14-8-9-15(18(19)20)16(12-14)21-2/h3-9,12H,10-11H2,1-2H3. The van der Waals surface area contributed by atoms with Gasteiger partial charge in [0.1, 0.15) is 0 Å². The van der Waals surface area contributed by atoms with Crippen molar-refractivity contribution in [2.75, 3.05) is 25.6 Å². The molecular formula is C16H18N2O3. The maximum Gasteiger partial charge on any atom is 0.311 e. The normalized spacial score (nSPS) is 10.2. The Morgan fingerprint density at radius 3 is 2.52 bits per heavy atom. The van der Waals surface area contributed by atoms with Crippen LogP contribution in [0.2, 0.25) is 0 Å². The molecule has 110 valence electrons. The fourth-order valence-corrected chi connectivity index (χ4v) is 2.13. The summed E-state index contributed by atoms with van der Waals surface area (Å²) in [4.78, 5) is 12.5. The van der Waals surface area contributed by atoms with E-state index in [9.17, 15) is 10.1 Å². The number of likely N-dealkylation sites (N-methyl/N-ethyl adjacent to an activating group) is 1. The van der Waals surface area contributed by atoms with Crippen molar-refractivity contribution >= 4 is 11.4 Å². The Morgan fingerprint density at radius 1 is 1.19 bits per heavy atom. The number of ether oxygens (including phenoxy) is 1. The van der Waals surface area contributed by atoms with Crippen molar-refractivity contribution in [3.8, 4) is 5.75 Å². The fourth-order valence-electron chi connectivity index (χ4n) is 2.13. The summed E-state index contributed by atoms with van der Waals surface area (Å²) in [7, 11) is 3.40. The fraction of sp³-hybridized carbons (Fsp3) is 0.250. The van der Waals surface area contributed by atoms with Crippen molar-refractivity contribution in [3.63, 3.8) is 0 Å². The van der Waals surface area contributed by atoms with E-state index in [0.29, 0.717) is 0 Å². The van der Waals surface area contributed by atoms with E-state index in [-0.39, 0.29) is 11.4 Å². The second-order valence-corrected chi connectivity index (χ2v) is 4.77. The third kappa shape index (κ3) is 3.72. The smallest absolute Gasteiger partial charge is 0.311 e. The van der Waals surface area contributed by atoms with Gasteiger partial charge in [0.15, 0.2) is 5.75 Å². The number of methoxy groups -OCH3 is 1. The predicted molar refractivity (Wildman–Crippen MR) is 83.1 cm³/mol. The molecule has 0 bridgehead atoms. The van der Waals surface area contributed by atoms with E-state index in [2.05, 4.69) is 17.0 Å². The number of nitrogens with zero attached hydrogens (tertiary/aromatic N) is 2. The molecule has 0 heterocycles. The van der Waals surface area contributed by atoms with Crippen LogP contribution in [0.25, 0.3) is 0 Å². The van der Waals surface area contributed by atoms with Crippen LogP contribution < -0.4 is 9.64 Å². The Balaban J connectivity index is 2.08. The summed E-state index contributed by atoms with van der Waals surface area (Å²) < 4.78 is 5.09. The van der Waals surface area contributed by atoms with Gasteiger partial charge in [0, 0.05) is 31.4 Å². The first-order chi connectivity index (χ1) is 10.1. The zero-order valence-corrected chi connectivity index (χ0v) is 12.2. The highest BCUT2D eigenvalue weighted by Gasteiger charge is 2.15. The van der Waals surface area contributed by atoms with E-state index in [4.69, 9.17) is 4.74 Å². The molecule has 0 atom stereocenters. The van der Waals surface area contributed by atoms with Crippen molar-refractivity contribution in [1.29, 1.82) is 0 Å². The molecule has 2 rings (SSSR count). The van der Waals surface area contributed by atoms with Gasteiger partial charge in [-0.15, -0.1) is 0 Å². The van der Waals surface area contributed by atoms with Crippen molar-refractivity contribution in [1.82, 2.24) is 0 Å². The van der Waals surface area contributed by atoms with Crippen molar-refractivity contribution in [2.24, 2.45) is 0 Å².